The molecular formula is C41H40Cl2F4N8O6. The van der Waals surface area contributed by atoms with Crippen molar-refractivity contribution in [2.24, 2.45) is 0 Å². The Morgan fingerprint density at radius 2 is 1.48 bits per heavy atom. The number of amides is 2. The number of nitrogens with zero attached hydrogens (tertiary/aromatic N) is 6. The molecule has 7 heterocycles. The third-order valence-corrected chi connectivity index (χ3v) is 10.5. The highest BCUT2D eigenvalue weighted by atomic mass is 35.5. The predicted octanol–water partition coefficient (Wildman–Crippen LogP) is 8.99. The molecule has 1 unspecified atom stereocenters. The number of pyridine rings is 4. The molecule has 6 aromatic rings. The number of hydrogen-bond acceptors (Lipinski definition) is 10. The molecule has 0 spiro atoms. The lowest BCUT2D eigenvalue weighted by molar-refractivity contribution is 0.0745. The number of aromatic nitrogens is 6. The molecule has 6 aromatic heterocycles. The van der Waals surface area contributed by atoms with Crippen LogP contribution in [-0.4, -0.2) is 71.6 Å². The number of anilines is 2. The molecule has 3 N–H and O–H groups in total. The van der Waals surface area contributed by atoms with Gasteiger partial charge in [-0.15, -0.1) is 0 Å². The Bertz CT molecular complexity index is 2610. The van der Waals surface area contributed by atoms with Crippen LogP contribution in [0.3, 0.4) is 0 Å². The van der Waals surface area contributed by atoms with E-state index in [4.69, 9.17) is 42.4 Å². The zero-order valence-corrected chi connectivity index (χ0v) is 34.7. The molecule has 0 bridgehead atoms. The van der Waals surface area contributed by atoms with Gasteiger partial charge in [0.15, 0.2) is 0 Å². The molecule has 0 aromatic carbocycles. The topological polar surface area (TPSA) is 166 Å². The zero-order valence-electron chi connectivity index (χ0n) is 33.2. The third kappa shape index (κ3) is 9.51. The zero-order chi connectivity index (χ0) is 43.7. The summed E-state index contributed by atoms with van der Waals surface area (Å²) in [6.07, 6.45) is -2.45. The third-order valence-electron chi connectivity index (χ3n) is 9.78. The van der Waals surface area contributed by atoms with E-state index in [0.29, 0.717) is 48.2 Å². The minimum atomic E-state index is -3.04. The van der Waals surface area contributed by atoms with Gasteiger partial charge in [-0.3, -0.25) is 18.4 Å². The molecule has 14 nitrogen and oxygen atoms in total. The highest BCUT2D eigenvalue weighted by Crippen LogP contribution is 2.37. The maximum Gasteiger partial charge on any atom is 0.280 e. The van der Waals surface area contributed by atoms with Crippen LogP contribution in [0.2, 0.25) is 10.3 Å². The SMILES string of the molecule is CCOc1cc2nc(C(C)(C)O)c(Cl)n2cc1NC(=O)c1cc(CC(C)Oc2cc3nc(C4CCOCC4)c(Cl)n3cc2NC(=O)c2cccc(C(F)F)n2)cc(C(F)F)n1. The number of carbonyl (C=O) groups excluding carboxylic acids is 2. The molecule has 0 saturated carbocycles. The van der Waals surface area contributed by atoms with Crippen LogP contribution in [-0.2, 0) is 16.8 Å². The molecule has 2 amide bonds. The Labute approximate surface area is 356 Å². The summed E-state index contributed by atoms with van der Waals surface area (Å²) in [6, 6.07) is 9.23. The van der Waals surface area contributed by atoms with Gasteiger partial charge in [0.2, 0.25) is 0 Å². The van der Waals surface area contributed by atoms with Crippen LogP contribution >= 0.6 is 23.2 Å². The van der Waals surface area contributed by atoms with Crippen LogP contribution in [0.25, 0.3) is 11.3 Å². The van der Waals surface area contributed by atoms with Crippen LogP contribution in [0.15, 0.2) is 54.9 Å². The number of imidazole rings is 2. The van der Waals surface area contributed by atoms with Gasteiger partial charge >= 0.3 is 0 Å². The first-order valence-electron chi connectivity index (χ1n) is 19.2. The maximum absolute atomic E-state index is 14.3. The van der Waals surface area contributed by atoms with Gasteiger partial charge < -0.3 is 30.0 Å². The van der Waals surface area contributed by atoms with Gasteiger partial charge in [0.1, 0.15) is 84.6 Å². The lowest BCUT2D eigenvalue weighted by Gasteiger charge is -2.20. The van der Waals surface area contributed by atoms with Crippen molar-refractivity contribution in [3.63, 3.8) is 0 Å². The van der Waals surface area contributed by atoms with E-state index in [9.17, 15) is 32.3 Å². The van der Waals surface area contributed by atoms with Crippen molar-refractivity contribution in [2.75, 3.05) is 30.5 Å². The molecule has 1 saturated heterocycles. The maximum atomic E-state index is 14.3. The number of fused-ring (bicyclic) bond motifs is 2. The normalized spacial score (nSPS) is 14.2. The smallest absolute Gasteiger partial charge is 0.280 e. The molecule has 322 valence electrons. The summed E-state index contributed by atoms with van der Waals surface area (Å²) in [6.45, 7) is 7.70. The fourth-order valence-corrected chi connectivity index (χ4v) is 7.64. The minimum Gasteiger partial charge on any atom is -0.491 e. The van der Waals surface area contributed by atoms with Gasteiger partial charge in [-0.05, 0) is 70.4 Å². The number of ether oxygens (including phenoxy) is 3. The van der Waals surface area contributed by atoms with Crippen molar-refractivity contribution >= 4 is 57.7 Å². The number of aliphatic hydroxyl groups is 1. The Balaban J connectivity index is 1.18. The summed E-state index contributed by atoms with van der Waals surface area (Å²) in [4.78, 5) is 44.0. The first-order chi connectivity index (χ1) is 29.0. The van der Waals surface area contributed by atoms with Crippen molar-refractivity contribution in [2.45, 2.75) is 77.4 Å². The molecule has 61 heavy (non-hydrogen) atoms. The first-order valence-corrected chi connectivity index (χ1v) is 20.0. The van der Waals surface area contributed by atoms with E-state index in [1.807, 2.05) is 0 Å². The number of hydrogen-bond donors (Lipinski definition) is 3. The molecule has 1 aliphatic heterocycles. The van der Waals surface area contributed by atoms with Crippen LogP contribution in [0, 0.1) is 0 Å². The summed E-state index contributed by atoms with van der Waals surface area (Å²) in [5.41, 5.74) is -1.25. The van der Waals surface area contributed by atoms with E-state index in [1.165, 1.54) is 54.9 Å². The predicted molar refractivity (Wildman–Crippen MR) is 218 cm³/mol. The minimum absolute atomic E-state index is 0.00905. The lowest BCUT2D eigenvalue weighted by Crippen LogP contribution is -2.20. The summed E-state index contributed by atoms with van der Waals surface area (Å²) < 4.78 is 76.0. The van der Waals surface area contributed by atoms with Gasteiger partial charge in [-0.1, -0.05) is 29.3 Å². The molecule has 1 atom stereocenters. The van der Waals surface area contributed by atoms with Gasteiger partial charge in [-0.2, -0.15) is 0 Å². The second-order valence-electron chi connectivity index (χ2n) is 14.9. The van der Waals surface area contributed by atoms with E-state index in [1.54, 1.807) is 24.3 Å². The van der Waals surface area contributed by atoms with Crippen molar-refractivity contribution in [1.29, 1.82) is 0 Å². The number of halogens is 6. The molecule has 0 radical (unpaired) electrons. The molecule has 0 aliphatic carbocycles. The Morgan fingerprint density at radius 3 is 2.13 bits per heavy atom. The Hall–Kier alpha value is -5.56. The first kappa shape index (κ1) is 43.5. The monoisotopic (exact) mass is 886 g/mol. The fourth-order valence-electron chi connectivity index (χ4n) is 6.90. The number of carbonyl (C=O) groups is 2. The van der Waals surface area contributed by atoms with Gasteiger partial charge in [0.25, 0.3) is 24.7 Å². The van der Waals surface area contributed by atoms with Crippen molar-refractivity contribution < 1.29 is 46.5 Å². The average molecular weight is 888 g/mol. The van der Waals surface area contributed by atoms with Gasteiger partial charge in [-0.25, -0.2) is 37.5 Å². The van der Waals surface area contributed by atoms with E-state index in [2.05, 4.69) is 25.6 Å². The van der Waals surface area contributed by atoms with Crippen LogP contribution in [0.5, 0.6) is 11.5 Å². The quantitative estimate of drug-likeness (QED) is 0.0899. The van der Waals surface area contributed by atoms with Crippen LogP contribution < -0.4 is 20.1 Å². The van der Waals surface area contributed by atoms with Crippen molar-refractivity contribution in [3.8, 4) is 11.5 Å². The summed E-state index contributed by atoms with van der Waals surface area (Å²) >= 11 is 13.4. The summed E-state index contributed by atoms with van der Waals surface area (Å²) in [5, 5.41) is 16.3. The van der Waals surface area contributed by atoms with Crippen LogP contribution in [0.4, 0.5) is 28.9 Å². The molecule has 1 fully saturated rings. The second-order valence-corrected chi connectivity index (χ2v) is 15.6. The number of alkyl halides is 4. The standard InChI is InChI=1S/C41H40Cl2F4N8O6/c1-5-60-29-16-32-53-34(41(3,4)58)36(43)55(32)18-27(29)50-40(57)26-15-21(14-25(49-26)38(46)47)13-20(2)61-30-17-31-52-33(22-9-11-59-12-10-22)35(42)54(31)19-28(30)51-39(56)24-8-6-7-23(48-24)37(44)45/h6-8,14-20,22,37-38,58H,5,9-13H2,1-4H3,(H,50,57)(H,51,56). The highest BCUT2D eigenvalue weighted by Gasteiger charge is 2.28. The number of nitrogens with one attached hydrogen (secondary N) is 2. The molecule has 20 heteroatoms. The van der Waals surface area contributed by atoms with E-state index >= 15 is 0 Å². The van der Waals surface area contributed by atoms with E-state index in [0.717, 1.165) is 12.1 Å². The summed E-state index contributed by atoms with van der Waals surface area (Å²) in [5.74, 6) is -1.34. The highest BCUT2D eigenvalue weighted by molar-refractivity contribution is 6.31. The molecular weight excluding hydrogens is 847 g/mol. The van der Waals surface area contributed by atoms with E-state index in [-0.39, 0.29) is 69.6 Å². The average Bonchev–Trinajstić information content (AvgIpc) is 3.72. The Morgan fingerprint density at radius 1 is 0.869 bits per heavy atom. The summed E-state index contributed by atoms with van der Waals surface area (Å²) in [7, 11) is 0. The lowest BCUT2D eigenvalue weighted by atomic mass is 9.97. The van der Waals surface area contributed by atoms with Gasteiger partial charge in [0, 0.05) is 50.1 Å². The van der Waals surface area contributed by atoms with E-state index < -0.39 is 47.8 Å². The molecule has 7 rings (SSSR count). The molecule has 1 aliphatic rings. The van der Waals surface area contributed by atoms with Crippen LogP contribution in [0.1, 0.15) is 109 Å². The largest absolute Gasteiger partial charge is 0.491 e. The number of rotatable bonds is 14. The van der Waals surface area contributed by atoms with Crippen molar-refractivity contribution in [3.05, 3.63) is 105 Å². The second kappa shape index (κ2) is 17.8. The van der Waals surface area contributed by atoms with Crippen molar-refractivity contribution in [1.82, 2.24) is 28.7 Å². The Kier molecular flexibility index (Phi) is 12.7. The van der Waals surface area contributed by atoms with Gasteiger partial charge in [0.05, 0.1) is 12.3 Å². The fraction of sp³-hybridized carbons (Fsp3) is 0.366.